The van der Waals surface area contributed by atoms with Gasteiger partial charge in [0.2, 0.25) is 5.91 Å². The lowest BCUT2D eigenvalue weighted by Gasteiger charge is -2.18. The summed E-state index contributed by atoms with van der Waals surface area (Å²) < 4.78 is 37.5. The SMILES string of the molecule is Cc1cccc(CC(=O)NS(=O)(=O)c2ccc3c(c2)OCCO3)c1. The lowest BCUT2D eigenvalue weighted by Crippen LogP contribution is -2.32. The van der Waals surface area contributed by atoms with Crippen LogP contribution in [0.2, 0.25) is 0 Å². The van der Waals surface area contributed by atoms with Crippen LogP contribution in [-0.2, 0) is 21.2 Å². The maximum atomic E-state index is 12.4. The Morgan fingerprint density at radius 3 is 2.58 bits per heavy atom. The van der Waals surface area contributed by atoms with Crippen LogP contribution in [0.15, 0.2) is 47.4 Å². The van der Waals surface area contributed by atoms with E-state index in [1.807, 2.05) is 25.1 Å². The molecule has 0 saturated heterocycles. The predicted octanol–water partition coefficient (Wildman–Crippen LogP) is 1.81. The van der Waals surface area contributed by atoms with Crippen LogP contribution >= 0.6 is 0 Å². The number of benzene rings is 2. The molecule has 0 fully saturated rings. The molecule has 0 aliphatic carbocycles. The van der Waals surface area contributed by atoms with Gasteiger partial charge < -0.3 is 9.47 Å². The van der Waals surface area contributed by atoms with Crippen LogP contribution in [-0.4, -0.2) is 27.5 Å². The number of ether oxygens (including phenoxy) is 2. The summed E-state index contributed by atoms with van der Waals surface area (Å²) in [7, 11) is -3.96. The summed E-state index contributed by atoms with van der Waals surface area (Å²) in [5, 5.41) is 0. The summed E-state index contributed by atoms with van der Waals surface area (Å²) in [6, 6.07) is 11.6. The molecule has 3 rings (SSSR count). The molecule has 1 N–H and O–H groups in total. The maximum Gasteiger partial charge on any atom is 0.264 e. The van der Waals surface area contributed by atoms with Crippen LogP contribution in [0.4, 0.5) is 0 Å². The van der Waals surface area contributed by atoms with E-state index in [1.54, 1.807) is 6.07 Å². The number of nitrogens with one attached hydrogen (secondary N) is 1. The van der Waals surface area contributed by atoms with Crippen molar-refractivity contribution in [1.29, 1.82) is 0 Å². The highest BCUT2D eigenvalue weighted by Crippen LogP contribution is 2.32. The molecule has 0 saturated carbocycles. The Kier molecular flexibility index (Phi) is 4.44. The summed E-state index contributed by atoms with van der Waals surface area (Å²) >= 11 is 0. The minimum absolute atomic E-state index is 0.00847. The first-order chi connectivity index (χ1) is 11.4. The van der Waals surface area contributed by atoms with E-state index in [-0.39, 0.29) is 11.3 Å². The average molecular weight is 347 g/mol. The summed E-state index contributed by atoms with van der Waals surface area (Å²) in [5.74, 6) is 0.261. The number of aryl methyl sites for hydroxylation is 1. The Morgan fingerprint density at radius 2 is 1.83 bits per heavy atom. The first kappa shape index (κ1) is 16.3. The largest absolute Gasteiger partial charge is 0.486 e. The van der Waals surface area contributed by atoms with E-state index in [4.69, 9.17) is 9.47 Å². The lowest BCUT2D eigenvalue weighted by molar-refractivity contribution is -0.118. The van der Waals surface area contributed by atoms with Gasteiger partial charge in [-0.2, -0.15) is 0 Å². The van der Waals surface area contributed by atoms with Crippen molar-refractivity contribution in [2.45, 2.75) is 18.2 Å². The molecule has 0 aromatic heterocycles. The Labute approximate surface area is 140 Å². The fourth-order valence-electron chi connectivity index (χ4n) is 2.44. The van der Waals surface area contributed by atoms with E-state index in [9.17, 15) is 13.2 Å². The van der Waals surface area contributed by atoms with Crippen LogP contribution in [0.3, 0.4) is 0 Å². The van der Waals surface area contributed by atoms with Gasteiger partial charge >= 0.3 is 0 Å². The summed E-state index contributed by atoms with van der Waals surface area (Å²) in [4.78, 5) is 12.0. The van der Waals surface area contributed by atoms with Crippen molar-refractivity contribution in [2.24, 2.45) is 0 Å². The van der Waals surface area contributed by atoms with Crippen molar-refractivity contribution in [1.82, 2.24) is 4.72 Å². The van der Waals surface area contributed by atoms with Gasteiger partial charge in [-0.1, -0.05) is 29.8 Å². The Morgan fingerprint density at radius 1 is 1.08 bits per heavy atom. The number of hydrogen-bond acceptors (Lipinski definition) is 5. The van der Waals surface area contributed by atoms with E-state index in [0.29, 0.717) is 24.7 Å². The van der Waals surface area contributed by atoms with Gasteiger partial charge in [0, 0.05) is 6.07 Å². The molecule has 7 heteroatoms. The predicted molar refractivity (Wildman–Crippen MR) is 87.6 cm³/mol. The van der Waals surface area contributed by atoms with Crippen LogP contribution < -0.4 is 14.2 Å². The average Bonchev–Trinajstić information content (AvgIpc) is 2.53. The fraction of sp³-hybridized carbons (Fsp3) is 0.235. The summed E-state index contributed by atoms with van der Waals surface area (Å²) in [5.41, 5.74) is 1.76. The smallest absolute Gasteiger partial charge is 0.264 e. The van der Waals surface area contributed by atoms with Crippen molar-refractivity contribution in [3.8, 4) is 11.5 Å². The molecule has 0 unspecified atom stereocenters. The van der Waals surface area contributed by atoms with Crippen molar-refractivity contribution in [3.63, 3.8) is 0 Å². The normalized spacial score (nSPS) is 13.4. The maximum absolute atomic E-state index is 12.4. The van der Waals surface area contributed by atoms with E-state index in [1.165, 1.54) is 18.2 Å². The quantitative estimate of drug-likeness (QED) is 0.912. The highest BCUT2D eigenvalue weighted by molar-refractivity contribution is 7.90. The lowest BCUT2D eigenvalue weighted by atomic mass is 10.1. The van der Waals surface area contributed by atoms with Gasteiger partial charge in [-0.15, -0.1) is 0 Å². The minimum Gasteiger partial charge on any atom is -0.486 e. The number of rotatable bonds is 4. The second kappa shape index (κ2) is 6.52. The van der Waals surface area contributed by atoms with Gasteiger partial charge in [0.25, 0.3) is 10.0 Å². The van der Waals surface area contributed by atoms with Gasteiger partial charge in [0.1, 0.15) is 13.2 Å². The van der Waals surface area contributed by atoms with E-state index < -0.39 is 15.9 Å². The fourth-order valence-corrected chi connectivity index (χ4v) is 3.44. The zero-order valence-electron chi connectivity index (χ0n) is 13.1. The molecule has 0 radical (unpaired) electrons. The molecule has 1 amide bonds. The Bertz CT molecular complexity index is 876. The zero-order valence-corrected chi connectivity index (χ0v) is 13.9. The Balaban J connectivity index is 1.74. The number of carbonyl (C=O) groups excluding carboxylic acids is 1. The van der Waals surface area contributed by atoms with Crippen molar-refractivity contribution >= 4 is 15.9 Å². The zero-order chi connectivity index (χ0) is 17.2. The van der Waals surface area contributed by atoms with Gasteiger partial charge in [0.15, 0.2) is 11.5 Å². The molecule has 2 aromatic carbocycles. The van der Waals surface area contributed by atoms with Crippen molar-refractivity contribution < 1.29 is 22.7 Å². The van der Waals surface area contributed by atoms with E-state index in [0.717, 1.165) is 11.1 Å². The molecule has 1 aliphatic heterocycles. The molecule has 0 spiro atoms. The standard InChI is InChI=1S/C17H17NO5S/c1-12-3-2-4-13(9-12)10-17(19)18-24(20,21)14-5-6-15-16(11-14)23-8-7-22-15/h2-6,9,11H,7-8,10H2,1H3,(H,18,19). The van der Waals surface area contributed by atoms with E-state index in [2.05, 4.69) is 4.72 Å². The first-order valence-electron chi connectivity index (χ1n) is 7.45. The minimum atomic E-state index is -3.96. The molecule has 1 heterocycles. The third-order valence-electron chi connectivity index (χ3n) is 3.52. The summed E-state index contributed by atoms with van der Waals surface area (Å²) in [6.45, 7) is 2.69. The van der Waals surface area contributed by atoms with Gasteiger partial charge in [-0.3, -0.25) is 4.79 Å². The first-order valence-corrected chi connectivity index (χ1v) is 8.93. The highest BCUT2D eigenvalue weighted by atomic mass is 32.2. The topological polar surface area (TPSA) is 81.7 Å². The van der Waals surface area contributed by atoms with Crippen LogP contribution in [0.5, 0.6) is 11.5 Å². The second-order valence-corrected chi connectivity index (χ2v) is 7.18. The monoisotopic (exact) mass is 347 g/mol. The molecule has 24 heavy (non-hydrogen) atoms. The molecule has 0 bridgehead atoms. The number of fused-ring (bicyclic) bond motifs is 1. The van der Waals surface area contributed by atoms with Crippen molar-refractivity contribution in [3.05, 3.63) is 53.6 Å². The molecule has 2 aromatic rings. The van der Waals surface area contributed by atoms with Gasteiger partial charge in [-0.25, -0.2) is 13.1 Å². The number of carbonyl (C=O) groups is 1. The summed E-state index contributed by atoms with van der Waals surface area (Å²) in [6.07, 6.45) is -0.00847. The molecule has 0 atom stereocenters. The molecule has 126 valence electrons. The third-order valence-corrected chi connectivity index (χ3v) is 4.89. The number of hydrogen-bond donors (Lipinski definition) is 1. The number of amides is 1. The van der Waals surface area contributed by atoms with Crippen LogP contribution in [0.25, 0.3) is 0 Å². The van der Waals surface area contributed by atoms with Crippen LogP contribution in [0, 0.1) is 6.92 Å². The molecular formula is C17H17NO5S. The van der Waals surface area contributed by atoms with Gasteiger partial charge in [0.05, 0.1) is 11.3 Å². The van der Waals surface area contributed by atoms with Gasteiger partial charge in [-0.05, 0) is 24.6 Å². The van der Waals surface area contributed by atoms with Crippen LogP contribution in [0.1, 0.15) is 11.1 Å². The highest BCUT2D eigenvalue weighted by Gasteiger charge is 2.21. The van der Waals surface area contributed by atoms with Crippen molar-refractivity contribution in [2.75, 3.05) is 13.2 Å². The second-order valence-electron chi connectivity index (χ2n) is 5.50. The third kappa shape index (κ3) is 3.68. The molecule has 6 nitrogen and oxygen atoms in total. The van der Waals surface area contributed by atoms with E-state index >= 15 is 0 Å². The Hall–Kier alpha value is -2.54. The molecular weight excluding hydrogens is 330 g/mol. The molecule has 1 aliphatic rings. The number of sulfonamides is 1.